The largest absolute Gasteiger partial charge is 0.455 e. The van der Waals surface area contributed by atoms with Gasteiger partial charge >= 0.3 is 5.24 Å². The first-order valence-corrected chi connectivity index (χ1v) is 5.13. The van der Waals surface area contributed by atoms with Crippen LogP contribution < -0.4 is 4.74 Å². The van der Waals surface area contributed by atoms with Crippen molar-refractivity contribution >= 4 is 17.5 Å². The lowest BCUT2D eigenvalue weighted by Crippen LogP contribution is -2.21. The Morgan fingerprint density at radius 2 is 1.93 bits per heavy atom. The molecule has 0 unspecified atom stereocenters. The number of ether oxygens (including phenoxy) is 2. The first-order chi connectivity index (χ1) is 7.18. The van der Waals surface area contributed by atoms with Gasteiger partial charge in [-0.2, -0.15) is 0 Å². The molecule has 0 saturated carbocycles. The maximum Gasteiger partial charge on any atom is 0.357 e. The fourth-order valence-corrected chi connectivity index (χ4v) is 1.11. The highest BCUT2D eigenvalue weighted by molar-refractivity contribution is 7.79. The van der Waals surface area contributed by atoms with E-state index in [0.29, 0.717) is 12.4 Å². The number of hydrogen-bond donors (Lipinski definition) is 0. The first-order valence-electron chi connectivity index (χ1n) is 4.73. The van der Waals surface area contributed by atoms with Gasteiger partial charge in [0, 0.05) is 18.8 Å². The molecule has 0 bridgehead atoms. The Bertz CT molecular complexity index is 301. The fraction of sp³-hybridized carbons (Fsp3) is 0.364. The van der Waals surface area contributed by atoms with E-state index in [9.17, 15) is 0 Å². The summed E-state index contributed by atoms with van der Waals surface area (Å²) in [6.07, 6.45) is 0. The molecular formula is C11H15NO2S. The van der Waals surface area contributed by atoms with E-state index in [4.69, 9.17) is 21.7 Å². The second-order valence-electron chi connectivity index (χ2n) is 3.32. The predicted octanol–water partition coefficient (Wildman–Crippen LogP) is 1.93. The van der Waals surface area contributed by atoms with Crippen LogP contribution in [-0.4, -0.2) is 37.4 Å². The van der Waals surface area contributed by atoms with Gasteiger partial charge in [0.05, 0.1) is 0 Å². The minimum atomic E-state index is 0.169. The lowest BCUT2D eigenvalue weighted by Gasteiger charge is -2.11. The van der Waals surface area contributed by atoms with E-state index < -0.39 is 0 Å². The molecule has 1 aromatic rings. The quantitative estimate of drug-likeness (QED) is 0.730. The van der Waals surface area contributed by atoms with Crippen LogP contribution in [0, 0.1) is 0 Å². The number of rotatable bonds is 4. The van der Waals surface area contributed by atoms with Gasteiger partial charge in [0.2, 0.25) is 0 Å². The highest BCUT2D eigenvalue weighted by atomic mass is 32.1. The molecule has 0 N–H and O–H groups in total. The molecule has 1 aromatic carbocycles. The maximum absolute atomic E-state index is 5.29. The zero-order valence-corrected chi connectivity index (χ0v) is 9.79. The molecule has 15 heavy (non-hydrogen) atoms. The van der Waals surface area contributed by atoms with E-state index >= 15 is 0 Å². The van der Waals surface area contributed by atoms with Gasteiger partial charge < -0.3 is 14.4 Å². The van der Waals surface area contributed by atoms with Crippen LogP contribution in [0.3, 0.4) is 0 Å². The topological polar surface area (TPSA) is 21.7 Å². The minimum Gasteiger partial charge on any atom is -0.455 e. The predicted molar refractivity (Wildman–Crippen MR) is 64.2 cm³/mol. The molecular weight excluding hydrogens is 210 g/mol. The van der Waals surface area contributed by atoms with Crippen molar-refractivity contribution < 1.29 is 9.47 Å². The highest BCUT2D eigenvalue weighted by Crippen LogP contribution is 2.09. The molecule has 3 nitrogen and oxygen atoms in total. The fourth-order valence-electron chi connectivity index (χ4n) is 0.926. The van der Waals surface area contributed by atoms with Crippen LogP contribution in [0.25, 0.3) is 0 Å². The van der Waals surface area contributed by atoms with Gasteiger partial charge in [-0.25, -0.2) is 0 Å². The zero-order chi connectivity index (χ0) is 11.1. The summed E-state index contributed by atoms with van der Waals surface area (Å²) >= 11 is 4.93. The third kappa shape index (κ3) is 5.34. The molecule has 0 radical (unpaired) electrons. The van der Waals surface area contributed by atoms with Gasteiger partial charge in [-0.1, -0.05) is 18.2 Å². The Balaban J connectivity index is 2.25. The summed E-state index contributed by atoms with van der Waals surface area (Å²) in [4.78, 5) is 2.02. The SMILES string of the molecule is CN(C)CCOC(=S)Oc1ccccc1. The van der Waals surface area contributed by atoms with Crippen molar-refractivity contribution in [2.75, 3.05) is 27.2 Å². The number of thiocarbonyl (C=S) groups is 1. The average Bonchev–Trinajstić information content (AvgIpc) is 2.18. The molecule has 0 amide bonds. The van der Waals surface area contributed by atoms with E-state index in [1.807, 2.05) is 49.3 Å². The standard InChI is InChI=1S/C11H15NO2S/c1-12(2)8-9-13-11(15)14-10-6-4-3-5-7-10/h3-7H,8-9H2,1-2H3. The molecule has 0 fully saturated rings. The van der Waals surface area contributed by atoms with Gasteiger partial charge in [0.1, 0.15) is 12.4 Å². The molecule has 0 atom stereocenters. The normalized spacial score (nSPS) is 10.1. The van der Waals surface area contributed by atoms with Crippen LogP contribution in [0.5, 0.6) is 5.75 Å². The smallest absolute Gasteiger partial charge is 0.357 e. The summed E-state index contributed by atoms with van der Waals surface area (Å²) in [5, 5.41) is 0.169. The van der Waals surface area contributed by atoms with Crippen LogP contribution in [0.1, 0.15) is 0 Å². The summed E-state index contributed by atoms with van der Waals surface area (Å²) in [5.41, 5.74) is 0. The lowest BCUT2D eigenvalue weighted by molar-refractivity contribution is 0.215. The number of benzene rings is 1. The third-order valence-electron chi connectivity index (χ3n) is 1.70. The Hall–Kier alpha value is -1.13. The van der Waals surface area contributed by atoms with E-state index in [0.717, 1.165) is 6.54 Å². The van der Waals surface area contributed by atoms with E-state index in [2.05, 4.69) is 0 Å². The van der Waals surface area contributed by atoms with Crippen molar-refractivity contribution in [1.82, 2.24) is 4.90 Å². The van der Waals surface area contributed by atoms with Gasteiger partial charge in [0.25, 0.3) is 0 Å². The zero-order valence-electron chi connectivity index (χ0n) is 8.97. The Morgan fingerprint density at radius 1 is 1.27 bits per heavy atom. The van der Waals surface area contributed by atoms with Crippen LogP contribution in [0.15, 0.2) is 30.3 Å². The summed E-state index contributed by atoms with van der Waals surface area (Å²) in [7, 11) is 3.95. The Morgan fingerprint density at radius 3 is 2.53 bits per heavy atom. The van der Waals surface area contributed by atoms with Gasteiger partial charge in [-0.3, -0.25) is 0 Å². The molecule has 4 heteroatoms. The highest BCUT2D eigenvalue weighted by Gasteiger charge is 2.00. The second-order valence-corrected chi connectivity index (χ2v) is 3.65. The van der Waals surface area contributed by atoms with Crippen molar-refractivity contribution in [2.24, 2.45) is 0 Å². The lowest BCUT2D eigenvalue weighted by atomic mass is 10.3. The Labute approximate surface area is 95.6 Å². The summed E-state index contributed by atoms with van der Waals surface area (Å²) in [6, 6.07) is 9.36. The van der Waals surface area contributed by atoms with Crippen LogP contribution >= 0.6 is 12.2 Å². The molecule has 0 saturated heterocycles. The molecule has 82 valence electrons. The van der Waals surface area contributed by atoms with Gasteiger partial charge in [-0.05, 0) is 26.2 Å². The molecule has 0 aromatic heterocycles. The molecule has 0 aliphatic heterocycles. The number of nitrogens with zero attached hydrogens (tertiary/aromatic N) is 1. The van der Waals surface area contributed by atoms with E-state index in [1.54, 1.807) is 0 Å². The number of likely N-dealkylation sites (N-methyl/N-ethyl adjacent to an activating group) is 1. The Kier molecular flexibility index (Phi) is 5.07. The number of para-hydroxylation sites is 1. The van der Waals surface area contributed by atoms with Crippen LogP contribution in [0.2, 0.25) is 0 Å². The monoisotopic (exact) mass is 225 g/mol. The number of hydrogen-bond acceptors (Lipinski definition) is 4. The van der Waals surface area contributed by atoms with Crippen LogP contribution in [0.4, 0.5) is 0 Å². The van der Waals surface area contributed by atoms with E-state index in [-0.39, 0.29) is 5.24 Å². The van der Waals surface area contributed by atoms with Crippen molar-refractivity contribution in [3.8, 4) is 5.75 Å². The molecule has 0 aliphatic rings. The second kappa shape index (κ2) is 6.37. The van der Waals surface area contributed by atoms with Crippen molar-refractivity contribution in [1.29, 1.82) is 0 Å². The van der Waals surface area contributed by atoms with Gasteiger partial charge in [-0.15, -0.1) is 0 Å². The third-order valence-corrected chi connectivity index (χ3v) is 1.90. The van der Waals surface area contributed by atoms with E-state index in [1.165, 1.54) is 0 Å². The van der Waals surface area contributed by atoms with Gasteiger partial charge in [0.15, 0.2) is 0 Å². The summed E-state index contributed by atoms with van der Waals surface area (Å²) in [5.74, 6) is 0.701. The summed E-state index contributed by atoms with van der Waals surface area (Å²) in [6.45, 7) is 1.36. The average molecular weight is 225 g/mol. The van der Waals surface area contributed by atoms with Crippen molar-refractivity contribution in [3.63, 3.8) is 0 Å². The maximum atomic E-state index is 5.29. The first kappa shape index (κ1) is 11.9. The minimum absolute atomic E-state index is 0.169. The molecule has 0 heterocycles. The molecule has 0 spiro atoms. The molecule has 1 rings (SSSR count). The van der Waals surface area contributed by atoms with Crippen molar-refractivity contribution in [2.45, 2.75) is 0 Å². The van der Waals surface area contributed by atoms with Crippen LogP contribution in [-0.2, 0) is 4.74 Å². The van der Waals surface area contributed by atoms with Crippen molar-refractivity contribution in [3.05, 3.63) is 30.3 Å². The molecule has 0 aliphatic carbocycles. The summed E-state index contributed by atoms with van der Waals surface area (Å²) < 4.78 is 10.5.